The van der Waals surface area contributed by atoms with Crippen LogP contribution in [0.3, 0.4) is 0 Å². The van der Waals surface area contributed by atoms with Crippen molar-refractivity contribution < 1.29 is 0 Å². The Hall–Kier alpha value is -0.0800. The molecular formula is C10H14S2. The van der Waals surface area contributed by atoms with Crippen LogP contribution in [-0.4, -0.2) is 0 Å². The van der Waals surface area contributed by atoms with Crippen LogP contribution >= 0.6 is 25.3 Å². The highest BCUT2D eigenvalue weighted by atomic mass is 32.1. The molecule has 1 aromatic carbocycles. The van der Waals surface area contributed by atoms with E-state index in [0.717, 1.165) is 9.79 Å². The average Bonchev–Trinajstić information content (AvgIpc) is 1.92. The van der Waals surface area contributed by atoms with Crippen molar-refractivity contribution in [2.45, 2.75) is 36.0 Å². The highest BCUT2D eigenvalue weighted by Crippen LogP contribution is 2.31. The third kappa shape index (κ3) is 1.99. The molecule has 0 saturated heterocycles. The minimum absolute atomic E-state index is 0.149. The van der Waals surface area contributed by atoms with Gasteiger partial charge in [-0.25, -0.2) is 0 Å². The second-order valence-corrected chi connectivity index (χ2v) is 4.85. The van der Waals surface area contributed by atoms with E-state index in [-0.39, 0.29) is 5.41 Å². The Labute approximate surface area is 85.2 Å². The third-order valence-corrected chi connectivity index (χ3v) is 2.85. The van der Waals surface area contributed by atoms with Gasteiger partial charge in [-0.15, -0.1) is 25.3 Å². The lowest BCUT2D eigenvalue weighted by Gasteiger charge is -2.21. The summed E-state index contributed by atoms with van der Waals surface area (Å²) in [6, 6.07) is 6.07. The smallest absolute Gasteiger partial charge is 0.0211 e. The van der Waals surface area contributed by atoms with Gasteiger partial charge in [0.1, 0.15) is 0 Å². The fraction of sp³-hybridized carbons (Fsp3) is 0.400. The van der Waals surface area contributed by atoms with Crippen molar-refractivity contribution in [3.8, 4) is 0 Å². The summed E-state index contributed by atoms with van der Waals surface area (Å²) < 4.78 is 0. The molecule has 0 heterocycles. The summed E-state index contributed by atoms with van der Waals surface area (Å²) in [6.45, 7) is 6.53. The van der Waals surface area contributed by atoms with Crippen LogP contribution in [0.5, 0.6) is 0 Å². The van der Waals surface area contributed by atoms with Crippen LogP contribution in [0.25, 0.3) is 0 Å². The highest BCUT2D eigenvalue weighted by molar-refractivity contribution is 7.83. The summed E-state index contributed by atoms with van der Waals surface area (Å²) in [5.74, 6) is 0. The van der Waals surface area contributed by atoms with Crippen molar-refractivity contribution in [3.05, 3.63) is 23.8 Å². The van der Waals surface area contributed by atoms with E-state index >= 15 is 0 Å². The van der Waals surface area contributed by atoms with Crippen LogP contribution in [0, 0.1) is 0 Å². The van der Waals surface area contributed by atoms with E-state index in [1.165, 1.54) is 5.56 Å². The molecule has 1 rings (SSSR count). The van der Waals surface area contributed by atoms with Crippen LogP contribution in [0.2, 0.25) is 0 Å². The fourth-order valence-electron chi connectivity index (χ4n) is 1.14. The van der Waals surface area contributed by atoms with Gasteiger partial charge in [-0.3, -0.25) is 0 Å². The summed E-state index contributed by atoms with van der Waals surface area (Å²) in [4.78, 5) is 1.94. The van der Waals surface area contributed by atoms with Crippen LogP contribution < -0.4 is 0 Å². The number of rotatable bonds is 0. The standard InChI is InChI=1S/C10H14S2/c1-10(2,3)7-5-4-6-8(11)9(7)12/h4-6,11-12H,1-3H3. The second kappa shape index (κ2) is 3.35. The molecule has 0 unspecified atom stereocenters. The Kier molecular flexibility index (Phi) is 2.79. The van der Waals surface area contributed by atoms with Crippen molar-refractivity contribution in [3.63, 3.8) is 0 Å². The van der Waals surface area contributed by atoms with E-state index < -0.39 is 0 Å². The molecular weight excluding hydrogens is 184 g/mol. The SMILES string of the molecule is CC(C)(C)c1cccc(S)c1S. The molecule has 66 valence electrons. The molecule has 0 bridgehead atoms. The molecule has 0 aliphatic rings. The predicted octanol–water partition coefficient (Wildman–Crippen LogP) is 3.56. The van der Waals surface area contributed by atoms with Gasteiger partial charge in [-0.05, 0) is 17.0 Å². The van der Waals surface area contributed by atoms with Crippen molar-refractivity contribution in [1.82, 2.24) is 0 Å². The summed E-state index contributed by atoms with van der Waals surface area (Å²) in [6.07, 6.45) is 0. The van der Waals surface area contributed by atoms with E-state index in [4.69, 9.17) is 0 Å². The van der Waals surface area contributed by atoms with Gasteiger partial charge >= 0.3 is 0 Å². The van der Waals surface area contributed by atoms with Crippen LogP contribution in [0.1, 0.15) is 26.3 Å². The Morgan fingerprint density at radius 2 is 1.67 bits per heavy atom. The quantitative estimate of drug-likeness (QED) is 0.585. The Balaban J connectivity index is 3.26. The normalized spacial score (nSPS) is 11.8. The van der Waals surface area contributed by atoms with E-state index in [9.17, 15) is 0 Å². The number of hydrogen-bond acceptors (Lipinski definition) is 2. The molecule has 0 radical (unpaired) electrons. The molecule has 0 nitrogen and oxygen atoms in total. The van der Waals surface area contributed by atoms with Crippen molar-refractivity contribution in [2.75, 3.05) is 0 Å². The average molecular weight is 198 g/mol. The fourth-order valence-corrected chi connectivity index (χ4v) is 1.83. The molecule has 0 aliphatic heterocycles. The summed E-state index contributed by atoms with van der Waals surface area (Å²) in [5, 5.41) is 0. The number of benzene rings is 1. The number of thiol groups is 2. The first-order valence-corrected chi connectivity index (χ1v) is 4.84. The van der Waals surface area contributed by atoms with Crippen LogP contribution in [-0.2, 0) is 5.41 Å². The van der Waals surface area contributed by atoms with E-state index in [1.54, 1.807) is 0 Å². The zero-order valence-electron chi connectivity index (χ0n) is 7.63. The minimum atomic E-state index is 0.149. The zero-order chi connectivity index (χ0) is 9.35. The molecule has 0 N–H and O–H groups in total. The van der Waals surface area contributed by atoms with Gasteiger partial charge in [-0.2, -0.15) is 0 Å². The molecule has 2 heteroatoms. The monoisotopic (exact) mass is 198 g/mol. The first kappa shape index (κ1) is 10.0. The van der Waals surface area contributed by atoms with Crippen LogP contribution in [0.4, 0.5) is 0 Å². The zero-order valence-corrected chi connectivity index (χ0v) is 9.42. The maximum Gasteiger partial charge on any atom is 0.0211 e. The summed E-state index contributed by atoms with van der Waals surface area (Å²) >= 11 is 8.75. The summed E-state index contributed by atoms with van der Waals surface area (Å²) in [7, 11) is 0. The van der Waals surface area contributed by atoms with Crippen molar-refractivity contribution in [1.29, 1.82) is 0 Å². The van der Waals surface area contributed by atoms with Gasteiger partial charge in [0, 0.05) is 9.79 Å². The lowest BCUT2D eigenvalue weighted by Crippen LogP contribution is -2.12. The lowest BCUT2D eigenvalue weighted by atomic mass is 9.87. The molecule has 0 atom stereocenters. The first-order valence-electron chi connectivity index (χ1n) is 3.94. The first-order chi connectivity index (χ1) is 5.43. The third-order valence-electron chi connectivity index (χ3n) is 1.82. The van der Waals surface area contributed by atoms with E-state index in [0.29, 0.717) is 0 Å². The molecule has 0 amide bonds. The Morgan fingerprint density at radius 3 is 2.08 bits per heavy atom. The van der Waals surface area contributed by atoms with Gasteiger partial charge < -0.3 is 0 Å². The maximum atomic E-state index is 4.43. The molecule has 0 aromatic heterocycles. The predicted molar refractivity (Wildman–Crippen MR) is 59.6 cm³/mol. The van der Waals surface area contributed by atoms with E-state index in [1.807, 2.05) is 12.1 Å². The topological polar surface area (TPSA) is 0 Å². The van der Waals surface area contributed by atoms with Crippen LogP contribution in [0.15, 0.2) is 28.0 Å². The van der Waals surface area contributed by atoms with Gasteiger partial charge in [-0.1, -0.05) is 32.9 Å². The van der Waals surface area contributed by atoms with Gasteiger partial charge in [0.25, 0.3) is 0 Å². The molecule has 0 spiro atoms. The Bertz CT molecular complexity index is 284. The molecule has 12 heavy (non-hydrogen) atoms. The highest BCUT2D eigenvalue weighted by Gasteiger charge is 2.16. The maximum absolute atomic E-state index is 4.43. The molecule has 0 saturated carbocycles. The van der Waals surface area contributed by atoms with E-state index in [2.05, 4.69) is 52.1 Å². The van der Waals surface area contributed by atoms with Crippen molar-refractivity contribution >= 4 is 25.3 Å². The molecule has 0 fully saturated rings. The molecule has 0 aliphatic carbocycles. The largest absolute Gasteiger partial charge is 0.142 e. The van der Waals surface area contributed by atoms with Crippen molar-refractivity contribution in [2.24, 2.45) is 0 Å². The van der Waals surface area contributed by atoms with Gasteiger partial charge in [0.05, 0.1) is 0 Å². The molecule has 1 aromatic rings. The lowest BCUT2D eigenvalue weighted by molar-refractivity contribution is 0.575. The number of hydrogen-bond donors (Lipinski definition) is 2. The summed E-state index contributed by atoms with van der Waals surface area (Å²) in [5.41, 5.74) is 1.40. The van der Waals surface area contributed by atoms with Gasteiger partial charge in [0.2, 0.25) is 0 Å². The second-order valence-electron chi connectivity index (χ2n) is 3.92. The van der Waals surface area contributed by atoms with Gasteiger partial charge in [0.15, 0.2) is 0 Å². The minimum Gasteiger partial charge on any atom is -0.142 e. The Morgan fingerprint density at radius 1 is 1.08 bits per heavy atom.